The monoisotopic (exact) mass is 174 g/mol. The second-order valence-electron chi connectivity index (χ2n) is 1.20. The molecule has 0 saturated carbocycles. The minimum atomic E-state index is -4.22. The first kappa shape index (κ1) is 9.22. The zero-order valence-electron chi connectivity index (χ0n) is 4.18. The maximum Gasteiger partial charge on any atom is 0.340 e. The van der Waals surface area contributed by atoms with E-state index in [1.165, 1.54) is 4.72 Å². The third kappa shape index (κ3) is 8.22. The molecule has 0 aromatic heterocycles. The summed E-state index contributed by atoms with van der Waals surface area (Å²) in [6.45, 7) is 0. The lowest BCUT2D eigenvalue weighted by atomic mass is 11.5. The zero-order chi connectivity index (χ0) is 7.49. The van der Waals surface area contributed by atoms with E-state index in [9.17, 15) is 13.3 Å². The van der Waals surface area contributed by atoms with Gasteiger partial charge in [0.05, 0.1) is 0 Å². The summed E-state index contributed by atoms with van der Waals surface area (Å²) in [6, 6.07) is 0. The fourth-order valence-corrected chi connectivity index (χ4v) is 1.23. The minimum absolute atomic E-state index is 0.844. The van der Waals surface area contributed by atoms with Gasteiger partial charge in [0, 0.05) is 11.3 Å². The Bertz CT molecular complexity index is 151. The largest absolute Gasteiger partial charge is 0.760 e. The summed E-state index contributed by atoms with van der Waals surface area (Å²) in [5.41, 5.74) is 0. The van der Waals surface area contributed by atoms with Gasteiger partial charge in [-0.3, -0.25) is 8.77 Å². The van der Waals surface area contributed by atoms with Crippen LogP contribution in [0.2, 0.25) is 0 Å². The average molecular weight is 174 g/mol. The van der Waals surface area contributed by atoms with Crippen LogP contribution in [0.5, 0.6) is 0 Å². The lowest BCUT2D eigenvalue weighted by Crippen LogP contribution is -2.17. The van der Waals surface area contributed by atoms with E-state index in [1.807, 2.05) is 0 Å². The van der Waals surface area contributed by atoms with E-state index in [0.717, 1.165) is 0 Å². The summed E-state index contributed by atoms with van der Waals surface area (Å²) < 4.78 is 30.6. The van der Waals surface area contributed by atoms with Gasteiger partial charge >= 0.3 is 7.60 Å². The van der Waals surface area contributed by atoms with E-state index in [1.54, 1.807) is 0 Å². The third-order valence-corrected chi connectivity index (χ3v) is 1.55. The Morgan fingerprint density at radius 1 is 1.67 bits per heavy atom. The second kappa shape index (κ2) is 3.40. The van der Waals surface area contributed by atoms with Gasteiger partial charge in [0.1, 0.15) is 6.29 Å². The summed E-state index contributed by atoms with van der Waals surface area (Å²) in [6.07, 6.45) is -0.844. The van der Waals surface area contributed by atoms with Gasteiger partial charge in [-0.25, -0.2) is 4.72 Å². The van der Waals surface area contributed by atoms with Crippen molar-refractivity contribution in [2.75, 3.05) is 6.29 Å². The summed E-state index contributed by atoms with van der Waals surface area (Å²) in [7, 11) is -4.22. The van der Waals surface area contributed by atoms with E-state index < -0.39 is 25.1 Å². The quantitative estimate of drug-likeness (QED) is 0.356. The molecule has 0 fully saturated rings. The molecule has 0 aliphatic heterocycles. The zero-order valence-corrected chi connectivity index (χ0v) is 5.89. The van der Waals surface area contributed by atoms with Crippen LogP contribution in [0, 0.1) is 0 Å². The molecule has 0 radical (unpaired) electrons. The molecule has 9 heavy (non-hydrogen) atoms. The molecule has 3 N–H and O–H groups in total. The maximum atomic E-state index is 9.89. The molecule has 6 nitrogen and oxygen atoms in total. The molecule has 0 heterocycles. The van der Waals surface area contributed by atoms with E-state index in [4.69, 9.17) is 9.79 Å². The molecule has 0 aliphatic rings. The topological polar surface area (TPSA) is 110 Å². The SMILES string of the molecule is O=S([O-])NCP(=O)(O)O. The smallest absolute Gasteiger partial charge is 0.340 e. The van der Waals surface area contributed by atoms with Gasteiger partial charge in [0.15, 0.2) is 0 Å². The van der Waals surface area contributed by atoms with Crippen LogP contribution in [0.15, 0.2) is 0 Å². The highest BCUT2D eigenvalue weighted by Gasteiger charge is 2.10. The third-order valence-electron chi connectivity index (χ3n) is 0.388. The molecule has 0 bridgehead atoms. The van der Waals surface area contributed by atoms with Crippen molar-refractivity contribution >= 4 is 18.9 Å². The van der Waals surface area contributed by atoms with Crippen LogP contribution in [-0.4, -0.2) is 24.8 Å². The lowest BCUT2D eigenvalue weighted by Gasteiger charge is -2.06. The Morgan fingerprint density at radius 2 is 2.11 bits per heavy atom. The minimum Gasteiger partial charge on any atom is -0.760 e. The van der Waals surface area contributed by atoms with Crippen LogP contribution >= 0.6 is 7.60 Å². The molecule has 1 atom stereocenters. The fourth-order valence-electron chi connectivity index (χ4n) is 0.137. The maximum absolute atomic E-state index is 9.89. The van der Waals surface area contributed by atoms with Crippen LogP contribution in [0.4, 0.5) is 0 Å². The van der Waals surface area contributed by atoms with Gasteiger partial charge in [-0.15, -0.1) is 0 Å². The van der Waals surface area contributed by atoms with Crippen LogP contribution in [0.3, 0.4) is 0 Å². The van der Waals surface area contributed by atoms with Gasteiger partial charge in [-0.2, -0.15) is 0 Å². The second-order valence-corrected chi connectivity index (χ2v) is 3.61. The van der Waals surface area contributed by atoms with Crippen molar-refractivity contribution in [2.45, 2.75) is 0 Å². The van der Waals surface area contributed by atoms with Crippen molar-refractivity contribution in [3.8, 4) is 0 Å². The number of hydrogen-bond acceptors (Lipinski definition) is 3. The first-order valence-electron chi connectivity index (χ1n) is 1.79. The summed E-state index contributed by atoms with van der Waals surface area (Å²) in [5.74, 6) is 0. The molecule has 0 amide bonds. The highest BCUT2D eigenvalue weighted by atomic mass is 32.2. The molecule has 56 valence electrons. The fraction of sp³-hybridized carbons (Fsp3) is 1.00. The number of nitrogens with one attached hydrogen (secondary N) is 1. The summed E-state index contributed by atoms with van der Waals surface area (Å²) in [5, 5.41) is 0. The summed E-state index contributed by atoms with van der Waals surface area (Å²) >= 11 is -2.60. The molecule has 8 heteroatoms. The molecule has 1 unspecified atom stereocenters. The van der Waals surface area contributed by atoms with Crippen molar-refractivity contribution < 1.29 is 23.1 Å². The Balaban J connectivity index is 3.53. The molecular formula is CH5NO5PS-. The van der Waals surface area contributed by atoms with Gasteiger partial charge in [-0.05, 0) is 0 Å². The highest BCUT2D eigenvalue weighted by molar-refractivity contribution is 7.77. The molecule has 0 spiro atoms. The first-order valence-corrected chi connectivity index (χ1v) is 4.66. The van der Waals surface area contributed by atoms with Crippen LogP contribution in [0.1, 0.15) is 0 Å². The lowest BCUT2D eigenvalue weighted by molar-refractivity contribution is 0.371. The molecular weight excluding hydrogens is 169 g/mol. The van der Waals surface area contributed by atoms with Gasteiger partial charge in [0.25, 0.3) is 0 Å². The van der Waals surface area contributed by atoms with Gasteiger partial charge in [-0.1, -0.05) is 0 Å². The molecule has 0 aromatic rings. The van der Waals surface area contributed by atoms with Crippen molar-refractivity contribution in [3.05, 3.63) is 0 Å². The van der Waals surface area contributed by atoms with E-state index in [-0.39, 0.29) is 0 Å². The molecule has 0 saturated heterocycles. The number of rotatable bonds is 3. The molecule has 0 rings (SSSR count). The highest BCUT2D eigenvalue weighted by Crippen LogP contribution is 2.31. The molecule has 0 aromatic carbocycles. The van der Waals surface area contributed by atoms with Crippen LogP contribution in [-0.2, 0) is 15.8 Å². The standard InChI is InChI=1S/CH6NO5PS/c3-8(4,5)1-2-9(6)7/h2H,1H2,(H,6,7)(H2,3,4,5)/p-1. The van der Waals surface area contributed by atoms with Crippen LogP contribution in [0.25, 0.3) is 0 Å². The van der Waals surface area contributed by atoms with Crippen molar-refractivity contribution in [1.29, 1.82) is 0 Å². The Hall–Kier alpha value is 0.220. The van der Waals surface area contributed by atoms with Gasteiger partial charge in [0.2, 0.25) is 0 Å². The molecule has 0 aliphatic carbocycles. The van der Waals surface area contributed by atoms with E-state index in [2.05, 4.69) is 0 Å². The average Bonchev–Trinajstić information content (AvgIpc) is 1.59. The van der Waals surface area contributed by atoms with E-state index in [0.29, 0.717) is 0 Å². The predicted octanol–water partition coefficient (Wildman–Crippen LogP) is -1.49. The normalized spacial score (nSPS) is 15.4. The van der Waals surface area contributed by atoms with Crippen LogP contribution < -0.4 is 4.72 Å². The predicted molar refractivity (Wildman–Crippen MR) is 29.0 cm³/mol. The summed E-state index contributed by atoms with van der Waals surface area (Å²) in [4.78, 5) is 16.1. The van der Waals surface area contributed by atoms with Crippen molar-refractivity contribution in [2.24, 2.45) is 0 Å². The van der Waals surface area contributed by atoms with Gasteiger partial charge < -0.3 is 14.3 Å². The first-order chi connectivity index (χ1) is 3.92. The van der Waals surface area contributed by atoms with E-state index >= 15 is 0 Å². The Labute approximate surface area is 53.9 Å². The Morgan fingerprint density at radius 3 is 2.22 bits per heavy atom. The Kier molecular flexibility index (Phi) is 3.49. The van der Waals surface area contributed by atoms with Crippen molar-refractivity contribution in [1.82, 2.24) is 4.72 Å². The number of hydrogen-bond donors (Lipinski definition) is 3. The van der Waals surface area contributed by atoms with Crippen molar-refractivity contribution in [3.63, 3.8) is 0 Å².